The molecule has 0 unspecified atom stereocenters. The van der Waals surface area contributed by atoms with Crippen molar-refractivity contribution in [2.45, 2.75) is 11.5 Å². The zero-order valence-electron chi connectivity index (χ0n) is 15.1. The molecule has 0 atom stereocenters. The minimum atomic E-state index is -3.72. The Morgan fingerprint density at radius 3 is 2.50 bits per heavy atom. The van der Waals surface area contributed by atoms with Crippen molar-refractivity contribution < 1.29 is 17.9 Å². The molecule has 0 N–H and O–H groups in total. The van der Waals surface area contributed by atoms with Gasteiger partial charge in [0.25, 0.3) is 10.0 Å². The number of pyridine rings is 1. The maximum Gasteiger partial charge on any atom is 0.268 e. The lowest BCUT2D eigenvalue weighted by Crippen LogP contribution is -2.11. The van der Waals surface area contributed by atoms with Crippen LogP contribution in [0, 0.1) is 0 Å². The topological polar surface area (TPSA) is 70.4 Å². The van der Waals surface area contributed by atoms with Crippen LogP contribution in [0.15, 0.2) is 84.1 Å². The van der Waals surface area contributed by atoms with Gasteiger partial charge in [-0.1, -0.05) is 6.07 Å². The predicted molar refractivity (Wildman–Crippen MR) is 106 cm³/mol. The summed E-state index contributed by atoms with van der Waals surface area (Å²) >= 11 is 0. The summed E-state index contributed by atoms with van der Waals surface area (Å²) in [5.74, 6) is 1.27. The average molecular weight is 394 g/mol. The zero-order chi connectivity index (χ0) is 19.6. The highest BCUT2D eigenvalue weighted by Gasteiger charge is 2.19. The van der Waals surface area contributed by atoms with Crippen molar-refractivity contribution in [1.82, 2.24) is 8.96 Å². The molecule has 7 heteroatoms. The van der Waals surface area contributed by atoms with E-state index >= 15 is 0 Å². The van der Waals surface area contributed by atoms with Gasteiger partial charge in [-0.05, 0) is 54.6 Å². The molecule has 0 saturated carbocycles. The second-order valence-electron chi connectivity index (χ2n) is 6.16. The first-order valence-electron chi connectivity index (χ1n) is 8.60. The van der Waals surface area contributed by atoms with Crippen LogP contribution in [0.4, 0.5) is 0 Å². The third kappa shape index (κ3) is 3.44. The normalized spacial score (nSPS) is 11.5. The number of hydrogen-bond acceptors (Lipinski definition) is 5. The quantitative estimate of drug-likeness (QED) is 0.497. The highest BCUT2D eigenvalue weighted by molar-refractivity contribution is 7.90. The van der Waals surface area contributed by atoms with Crippen LogP contribution < -0.4 is 9.47 Å². The molecule has 0 spiro atoms. The van der Waals surface area contributed by atoms with Crippen LogP contribution >= 0.6 is 0 Å². The lowest BCUT2D eigenvalue weighted by molar-refractivity contribution is 0.305. The van der Waals surface area contributed by atoms with E-state index in [1.54, 1.807) is 74.2 Å². The van der Waals surface area contributed by atoms with Gasteiger partial charge in [0.1, 0.15) is 18.1 Å². The lowest BCUT2D eigenvalue weighted by Gasteiger charge is -2.10. The Bertz CT molecular complexity index is 1200. The van der Waals surface area contributed by atoms with Crippen molar-refractivity contribution in [2.24, 2.45) is 0 Å². The van der Waals surface area contributed by atoms with Crippen molar-refractivity contribution in [3.05, 3.63) is 84.8 Å². The Balaban J connectivity index is 1.58. The monoisotopic (exact) mass is 394 g/mol. The summed E-state index contributed by atoms with van der Waals surface area (Å²) in [7, 11) is -2.14. The molecule has 142 valence electrons. The van der Waals surface area contributed by atoms with E-state index < -0.39 is 10.0 Å². The van der Waals surface area contributed by atoms with Crippen molar-refractivity contribution >= 4 is 20.9 Å². The summed E-state index contributed by atoms with van der Waals surface area (Å²) in [6, 6.07) is 17.2. The second-order valence-corrected chi connectivity index (χ2v) is 7.98. The maximum absolute atomic E-state index is 13.0. The molecule has 0 amide bonds. The van der Waals surface area contributed by atoms with E-state index in [-0.39, 0.29) is 4.90 Å². The van der Waals surface area contributed by atoms with Crippen molar-refractivity contribution in [3.63, 3.8) is 0 Å². The van der Waals surface area contributed by atoms with Gasteiger partial charge in [0.2, 0.25) is 0 Å². The number of benzene rings is 2. The van der Waals surface area contributed by atoms with Gasteiger partial charge >= 0.3 is 0 Å². The van der Waals surface area contributed by atoms with Gasteiger partial charge in [-0.2, -0.15) is 0 Å². The molecule has 4 aromatic rings. The molecule has 2 heterocycles. The van der Waals surface area contributed by atoms with Gasteiger partial charge in [-0.3, -0.25) is 4.98 Å². The molecule has 0 radical (unpaired) electrons. The summed E-state index contributed by atoms with van der Waals surface area (Å²) in [6.07, 6.45) is 4.97. The molecule has 0 aliphatic rings. The van der Waals surface area contributed by atoms with Crippen LogP contribution in [-0.4, -0.2) is 24.5 Å². The first-order chi connectivity index (χ1) is 13.6. The summed E-state index contributed by atoms with van der Waals surface area (Å²) in [5, 5.41) is 0.791. The van der Waals surface area contributed by atoms with E-state index in [4.69, 9.17) is 9.47 Å². The summed E-state index contributed by atoms with van der Waals surface area (Å²) in [6.45, 7) is 0.365. The molecule has 6 nitrogen and oxygen atoms in total. The van der Waals surface area contributed by atoms with Crippen LogP contribution in [0.25, 0.3) is 10.9 Å². The lowest BCUT2D eigenvalue weighted by atomic mass is 10.2. The Morgan fingerprint density at radius 1 is 1.00 bits per heavy atom. The van der Waals surface area contributed by atoms with Gasteiger partial charge < -0.3 is 9.47 Å². The maximum atomic E-state index is 13.0. The van der Waals surface area contributed by atoms with E-state index in [9.17, 15) is 8.42 Å². The van der Waals surface area contributed by atoms with E-state index in [0.717, 1.165) is 10.9 Å². The average Bonchev–Trinajstić information content (AvgIpc) is 3.17. The highest BCUT2D eigenvalue weighted by Crippen LogP contribution is 2.26. The first-order valence-corrected chi connectivity index (χ1v) is 10.0. The van der Waals surface area contributed by atoms with Gasteiger partial charge in [0, 0.05) is 29.5 Å². The van der Waals surface area contributed by atoms with Crippen molar-refractivity contribution in [1.29, 1.82) is 0 Å². The minimum Gasteiger partial charge on any atom is -0.497 e. The number of aromatic nitrogens is 2. The van der Waals surface area contributed by atoms with Crippen LogP contribution in [0.3, 0.4) is 0 Å². The van der Waals surface area contributed by atoms with Crippen molar-refractivity contribution in [2.75, 3.05) is 7.11 Å². The summed E-state index contributed by atoms with van der Waals surface area (Å²) in [4.78, 5) is 4.23. The SMILES string of the molecule is COc1ccc2c(ccn2S(=O)(=O)c2ccc(OCc3cccnc3)cc2)c1. The van der Waals surface area contributed by atoms with Crippen LogP contribution in [0.5, 0.6) is 11.5 Å². The third-order valence-electron chi connectivity index (χ3n) is 4.37. The third-order valence-corrected chi connectivity index (χ3v) is 6.07. The van der Waals surface area contributed by atoms with Gasteiger partial charge in [0.15, 0.2) is 0 Å². The van der Waals surface area contributed by atoms with Gasteiger partial charge in [-0.15, -0.1) is 0 Å². The number of hydrogen-bond donors (Lipinski definition) is 0. The van der Waals surface area contributed by atoms with Gasteiger partial charge in [0.05, 0.1) is 17.5 Å². The number of nitrogens with zero attached hydrogens (tertiary/aromatic N) is 2. The number of fused-ring (bicyclic) bond motifs is 1. The molecule has 0 saturated heterocycles. The van der Waals surface area contributed by atoms with E-state index in [0.29, 0.717) is 23.6 Å². The van der Waals surface area contributed by atoms with E-state index in [1.807, 2.05) is 12.1 Å². The van der Waals surface area contributed by atoms with Crippen LogP contribution in [0.1, 0.15) is 5.56 Å². The Hall–Kier alpha value is -3.32. The summed E-state index contributed by atoms with van der Waals surface area (Å²) in [5.41, 5.74) is 1.53. The Morgan fingerprint density at radius 2 is 1.79 bits per heavy atom. The van der Waals surface area contributed by atoms with E-state index in [2.05, 4.69) is 4.98 Å². The smallest absolute Gasteiger partial charge is 0.268 e. The van der Waals surface area contributed by atoms with Crippen molar-refractivity contribution in [3.8, 4) is 11.5 Å². The molecule has 0 aliphatic heterocycles. The Kier molecular flexibility index (Phi) is 4.75. The second kappa shape index (κ2) is 7.36. The molecular weight excluding hydrogens is 376 g/mol. The fraction of sp³-hybridized carbons (Fsp3) is 0.0952. The number of methoxy groups -OCH3 is 1. The molecule has 0 bridgehead atoms. The number of rotatable bonds is 6. The molecular formula is C21H18N2O4S. The molecule has 28 heavy (non-hydrogen) atoms. The minimum absolute atomic E-state index is 0.189. The standard InChI is InChI=1S/C21H18N2O4S/c1-26-19-6-9-21-17(13-19)10-12-23(21)28(24,25)20-7-4-18(5-8-20)27-15-16-3-2-11-22-14-16/h2-14H,15H2,1H3. The summed E-state index contributed by atoms with van der Waals surface area (Å²) < 4.78 is 38.2. The predicted octanol–water partition coefficient (Wildman–Crippen LogP) is 3.86. The molecule has 0 aliphatic carbocycles. The van der Waals surface area contributed by atoms with Gasteiger partial charge in [-0.25, -0.2) is 12.4 Å². The largest absolute Gasteiger partial charge is 0.497 e. The molecule has 4 rings (SSSR count). The molecule has 0 fully saturated rings. The first kappa shape index (κ1) is 18.1. The molecule has 2 aromatic carbocycles. The number of ether oxygens (including phenoxy) is 2. The molecule has 2 aromatic heterocycles. The van der Waals surface area contributed by atoms with Crippen LogP contribution in [0.2, 0.25) is 0 Å². The fourth-order valence-electron chi connectivity index (χ4n) is 2.90. The highest BCUT2D eigenvalue weighted by atomic mass is 32.2. The van der Waals surface area contributed by atoms with E-state index in [1.165, 1.54) is 3.97 Å². The zero-order valence-corrected chi connectivity index (χ0v) is 16.0. The van der Waals surface area contributed by atoms with Crippen LogP contribution in [-0.2, 0) is 16.6 Å². The Labute approximate surface area is 163 Å². The fourth-order valence-corrected chi connectivity index (χ4v) is 4.26.